The van der Waals surface area contributed by atoms with Crippen LogP contribution in [-0.2, 0) is 11.3 Å². The number of nitriles is 1. The van der Waals surface area contributed by atoms with E-state index >= 15 is 0 Å². The van der Waals surface area contributed by atoms with Crippen molar-refractivity contribution in [3.63, 3.8) is 0 Å². The predicted octanol–water partition coefficient (Wildman–Crippen LogP) is 3.94. The van der Waals surface area contributed by atoms with Crippen LogP contribution in [0.3, 0.4) is 0 Å². The summed E-state index contributed by atoms with van der Waals surface area (Å²) < 4.78 is 7.62. The fourth-order valence-corrected chi connectivity index (χ4v) is 4.84. The second kappa shape index (κ2) is 9.99. The Morgan fingerprint density at radius 3 is 2.59 bits per heavy atom. The number of amides is 1. The normalized spacial score (nSPS) is 21.8. The van der Waals surface area contributed by atoms with Crippen molar-refractivity contribution in [3.8, 4) is 6.07 Å². The van der Waals surface area contributed by atoms with E-state index in [1.807, 2.05) is 37.5 Å². The van der Waals surface area contributed by atoms with E-state index in [2.05, 4.69) is 40.3 Å². The van der Waals surface area contributed by atoms with Gasteiger partial charge in [-0.25, -0.2) is 0 Å². The van der Waals surface area contributed by atoms with E-state index in [0.29, 0.717) is 23.5 Å². The SMILES string of the molecule is CC1CC(C)CN(c2nnc(SC(C)C(=O)NC(C)(C#N)C(C)C)n2Cc2ccco2)C1. The van der Waals surface area contributed by atoms with Gasteiger partial charge in [-0.1, -0.05) is 39.5 Å². The molecule has 1 saturated heterocycles. The quantitative estimate of drug-likeness (QED) is 0.598. The first-order valence-electron chi connectivity index (χ1n) is 11.2. The van der Waals surface area contributed by atoms with Gasteiger partial charge in [0.2, 0.25) is 11.9 Å². The summed E-state index contributed by atoms with van der Waals surface area (Å²) in [6.07, 6.45) is 2.86. The number of carbonyl (C=O) groups is 1. The number of aromatic nitrogens is 3. The smallest absolute Gasteiger partial charge is 0.234 e. The maximum absolute atomic E-state index is 12.9. The maximum Gasteiger partial charge on any atom is 0.234 e. The molecule has 4 atom stereocenters. The van der Waals surface area contributed by atoms with Crippen molar-refractivity contribution in [2.45, 2.75) is 70.5 Å². The molecule has 8 nitrogen and oxygen atoms in total. The van der Waals surface area contributed by atoms with E-state index in [0.717, 1.165) is 24.8 Å². The van der Waals surface area contributed by atoms with Crippen molar-refractivity contribution in [1.82, 2.24) is 20.1 Å². The van der Waals surface area contributed by atoms with Crippen molar-refractivity contribution in [3.05, 3.63) is 24.2 Å². The first-order valence-corrected chi connectivity index (χ1v) is 12.1. The molecule has 0 radical (unpaired) electrons. The molecule has 1 fully saturated rings. The molecule has 0 saturated carbocycles. The summed E-state index contributed by atoms with van der Waals surface area (Å²) in [6, 6.07) is 6.02. The third-order valence-corrected chi connectivity index (χ3v) is 7.24. The molecule has 0 bridgehead atoms. The van der Waals surface area contributed by atoms with Gasteiger partial charge >= 0.3 is 0 Å². The van der Waals surface area contributed by atoms with Gasteiger partial charge in [-0.3, -0.25) is 9.36 Å². The monoisotopic (exact) mass is 458 g/mol. The molecule has 9 heteroatoms. The zero-order valence-electron chi connectivity index (χ0n) is 19.8. The lowest BCUT2D eigenvalue weighted by Gasteiger charge is -2.35. The minimum atomic E-state index is -0.918. The third kappa shape index (κ3) is 5.47. The number of anilines is 1. The van der Waals surface area contributed by atoms with Gasteiger partial charge in [0.15, 0.2) is 5.16 Å². The van der Waals surface area contributed by atoms with Crippen LogP contribution < -0.4 is 10.2 Å². The van der Waals surface area contributed by atoms with Crippen molar-refractivity contribution in [1.29, 1.82) is 5.26 Å². The van der Waals surface area contributed by atoms with E-state index in [4.69, 9.17) is 4.42 Å². The number of hydrogen-bond donors (Lipinski definition) is 1. The highest BCUT2D eigenvalue weighted by Crippen LogP contribution is 2.31. The van der Waals surface area contributed by atoms with Gasteiger partial charge in [0.1, 0.15) is 11.3 Å². The average Bonchev–Trinajstić information content (AvgIpc) is 3.37. The Kier molecular flexibility index (Phi) is 7.55. The number of nitrogens with one attached hydrogen (secondary N) is 1. The lowest BCUT2D eigenvalue weighted by molar-refractivity contribution is -0.121. The second-order valence-corrected chi connectivity index (χ2v) is 10.8. The Morgan fingerprint density at radius 1 is 1.34 bits per heavy atom. The molecule has 0 spiro atoms. The summed E-state index contributed by atoms with van der Waals surface area (Å²) in [6.45, 7) is 14.3. The van der Waals surface area contributed by atoms with E-state index in [1.165, 1.54) is 18.2 Å². The molecule has 4 unspecified atom stereocenters. The summed E-state index contributed by atoms with van der Waals surface area (Å²) in [5.74, 6) is 2.56. The summed E-state index contributed by atoms with van der Waals surface area (Å²) >= 11 is 1.35. The Balaban J connectivity index is 1.83. The molecule has 174 valence electrons. The van der Waals surface area contributed by atoms with E-state index < -0.39 is 10.8 Å². The minimum Gasteiger partial charge on any atom is -0.467 e. The van der Waals surface area contributed by atoms with Crippen LogP contribution >= 0.6 is 11.8 Å². The largest absolute Gasteiger partial charge is 0.467 e. The molecular formula is C23H34N6O2S. The van der Waals surface area contributed by atoms with Gasteiger partial charge in [-0.15, -0.1) is 10.2 Å². The number of rotatable bonds is 8. The lowest BCUT2D eigenvalue weighted by Crippen LogP contribution is -2.51. The molecular weight excluding hydrogens is 424 g/mol. The van der Waals surface area contributed by atoms with Crippen LogP contribution in [-0.4, -0.2) is 44.6 Å². The van der Waals surface area contributed by atoms with E-state index in [9.17, 15) is 10.1 Å². The van der Waals surface area contributed by atoms with E-state index in [-0.39, 0.29) is 11.8 Å². The van der Waals surface area contributed by atoms with Crippen LogP contribution in [0.4, 0.5) is 5.95 Å². The maximum atomic E-state index is 12.9. The van der Waals surface area contributed by atoms with Crippen LogP contribution in [0.15, 0.2) is 28.0 Å². The van der Waals surface area contributed by atoms with Gasteiger partial charge in [-0.05, 0) is 50.2 Å². The average molecular weight is 459 g/mol. The topological polar surface area (TPSA) is 100.0 Å². The fourth-order valence-electron chi connectivity index (χ4n) is 4.00. The summed E-state index contributed by atoms with van der Waals surface area (Å²) in [5.41, 5.74) is -0.918. The fraction of sp³-hybridized carbons (Fsp3) is 0.652. The van der Waals surface area contributed by atoms with Gasteiger partial charge < -0.3 is 14.6 Å². The van der Waals surface area contributed by atoms with Gasteiger partial charge in [0, 0.05) is 13.1 Å². The molecule has 32 heavy (non-hydrogen) atoms. The molecule has 3 rings (SSSR count). The van der Waals surface area contributed by atoms with E-state index in [1.54, 1.807) is 13.2 Å². The molecule has 0 aliphatic carbocycles. The Bertz CT molecular complexity index is 940. The molecule has 1 aliphatic rings. The minimum absolute atomic E-state index is 0.00839. The zero-order valence-corrected chi connectivity index (χ0v) is 20.6. The van der Waals surface area contributed by atoms with Crippen LogP contribution in [0.2, 0.25) is 0 Å². The van der Waals surface area contributed by atoms with Gasteiger partial charge in [0.25, 0.3) is 0 Å². The van der Waals surface area contributed by atoms with Crippen LogP contribution in [0, 0.1) is 29.1 Å². The highest BCUT2D eigenvalue weighted by Gasteiger charge is 2.33. The highest BCUT2D eigenvalue weighted by molar-refractivity contribution is 8.00. The molecule has 1 aliphatic heterocycles. The zero-order chi connectivity index (χ0) is 23.5. The molecule has 1 amide bonds. The summed E-state index contributed by atoms with van der Waals surface area (Å²) in [7, 11) is 0. The number of hydrogen-bond acceptors (Lipinski definition) is 7. The number of nitrogens with zero attached hydrogens (tertiary/aromatic N) is 5. The summed E-state index contributed by atoms with van der Waals surface area (Å²) in [5, 5.41) is 21.6. The number of thioether (sulfide) groups is 1. The standard InChI is InChI=1S/C23H34N6O2S/c1-15(2)23(6,14-24)25-20(30)18(5)32-22-27-26-21(28-11-16(3)10-17(4)12-28)29(22)13-19-8-7-9-31-19/h7-9,15-18H,10-13H2,1-6H3,(H,25,30). The number of carbonyl (C=O) groups excluding carboxylic acids is 1. The molecule has 2 aromatic rings. The molecule has 2 aromatic heterocycles. The van der Waals surface area contributed by atoms with Crippen molar-refractivity contribution >= 4 is 23.6 Å². The van der Waals surface area contributed by atoms with Gasteiger partial charge in [-0.2, -0.15) is 5.26 Å². The van der Waals surface area contributed by atoms with Crippen LogP contribution in [0.5, 0.6) is 0 Å². The third-order valence-electron chi connectivity index (χ3n) is 6.16. The Hall–Kier alpha value is -2.47. The van der Waals surface area contributed by atoms with Crippen LogP contribution in [0.1, 0.15) is 53.7 Å². The lowest BCUT2D eigenvalue weighted by atomic mass is 9.90. The predicted molar refractivity (Wildman–Crippen MR) is 125 cm³/mol. The van der Waals surface area contributed by atoms with Crippen molar-refractivity contribution in [2.24, 2.45) is 17.8 Å². The van der Waals surface area contributed by atoms with Gasteiger partial charge in [0.05, 0.1) is 24.1 Å². The van der Waals surface area contributed by atoms with Crippen LogP contribution in [0.25, 0.3) is 0 Å². The first-order chi connectivity index (χ1) is 15.1. The first kappa shape index (κ1) is 24.2. The molecule has 1 N–H and O–H groups in total. The number of piperidine rings is 1. The van der Waals surface area contributed by atoms with Crippen molar-refractivity contribution < 1.29 is 9.21 Å². The molecule has 3 heterocycles. The highest BCUT2D eigenvalue weighted by atomic mass is 32.2. The second-order valence-electron chi connectivity index (χ2n) is 9.52. The summed E-state index contributed by atoms with van der Waals surface area (Å²) in [4.78, 5) is 15.2. The Morgan fingerprint density at radius 2 is 2.03 bits per heavy atom. The van der Waals surface area contributed by atoms with Crippen molar-refractivity contribution in [2.75, 3.05) is 18.0 Å². The molecule has 0 aromatic carbocycles. The Labute approximate surface area is 194 Å². The number of furan rings is 1.